The lowest BCUT2D eigenvalue weighted by Crippen LogP contribution is -2.45. The number of nitrogens with zero attached hydrogens (tertiary/aromatic N) is 2. The summed E-state index contributed by atoms with van der Waals surface area (Å²) in [6.45, 7) is -0.762. The van der Waals surface area contributed by atoms with Crippen LogP contribution in [0.2, 0.25) is 0 Å². The second kappa shape index (κ2) is 9.89. The number of carbonyl (C=O) groups is 2. The summed E-state index contributed by atoms with van der Waals surface area (Å²) in [4.78, 5) is 25.0. The highest BCUT2D eigenvalue weighted by Gasteiger charge is 2.37. The number of benzene rings is 2. The number of rotatable bonds is 6. The van der Waals surface area contributed by atoms with Gasteiger partial charge in [-0.05, 0) is 18.2 Å². The van der Waals surface area contributed by atoms with E-state index in [1.807, 2.05) is 0 Å². The number of carbonyl (C=O) groups excluding carboxylic acids is 1. The molecule has 10 nitrogen and oxygen atoms in total. The number of ether oxygens (including phenoxy) is 1. The fraction of sp³-hybridized carbons (Fsp3) is 0.273. The zero-order chi connectivity index (χ0) is 27.0. The maximum Gasteiger partial charge on any atom is 0.573 e. The van der Waals surface area contributed by atoms with Crippen molar-refractivity contribution in [2.45, 2.75) is 29.9 Å². The van der Waals surface area contributed by atoms with E-state index in [4.69, 9.17) is 0 Å². The van der Waals surface area contributed by atoms with Gasteiger partial charge in [-0.1, -0.05) is 24.3 Å². The Hall–Kier alpha value is -3.85. The summed E-state index contributed by atoms with van der Waals surface area (Å²) >= 11 is 0. The number of amides is 2. The fourth-order valence-corrected chi connectivity index (χ4v) is 5.16. The van der Waals surface area contributed by atoms with Gasteiger partial charge >= 0.3 is 18.5 Å². The topological polar surface area (TPSA) is 130 Å². The first-order valence-corrected chi connectivity index (χ1v) is 12.2. The molecule has 2 atom stereocenters. The Balaban J connectivity index is 1.48. The summed E-state index contributed by atoms with van der Waals surface area (Å²) in [6.07, 6.45) is -6.74. The predicted molar refractivity (Wildman–Crippen MR) is 123 cm³/mol. The van der Waals surface area contributed by atoms with E-state index >= 15 is 0 Å². The van der Waals surface area contributed by atoms with Crippen molar-refractivity contribution in [1.29, 1.82) is 0 Å². The van der Waals surface area contributed by atoms with Crippen molar-refractivity contribution in [3.8, 4) is 5.75 Å². The molecule has 198 valence electrons. The molecule has 1 aromatic heterocycles. The second-order valence-corrected chi connectivity index (χ2v) is 9.92. The van der Waals surface area contributed by atoms with Crippen molar-refractivity contribution < 1.29 is 45.4 Å². The van der Waals surface area contributed by atoms with Crippen molar-refractivity contribution in [2.24, 2.45) is 0 Å². The van der Waals surface area contributed by atoms with E-state index in [2.05, 4.69) is 14.8 Å². The number of halogens is 4. The van der Waals surface area contributed by atoms with Gasteiger partial charge in [0.05, 0.1) is 22.6 Å². The molecule has 15 heteroatoms. The third-order valence-corrected chi connectivity index (χ3v) is 7.06. The molecule has 4 rings (SSSR count). The van der Waals surface area contributed by atoms with Gasteiger partial charge in [0.2, 0.25) is 10.0 Å². The first-order valence-electron chi connectivity index (χ1n) is 10.7. The predicted octanol–water partition coefficient (Wildman–Crippen LogP) is 3.99. The molecule has 0 aliphatic carbocycles. The Morgan fingerprint density at radius 1 is 1.14 bits per heavy atom. The average Bonchev–Trinajstić information content (AvgIpc) is 3.37. The Kier molecular flexibility index (Phi) is 7.01. The Morgan fingerprint density at radius 3 is 2.57 bits per heavy atom. The van der Waals surface area contributed by atoms with Crippen LogP contribution in [0, 0.1) is 0 Å². The normalized spacial score (nSPS) is 18.2. The van der Waals surface area contributed by atoms with Crippen molar-refractivity contribution in [2.75, 3.05) is 18.4 Å². The molecule has 0 bridgehead atoms. The molecule has 0 radical (unpaired) electrons. The van der Waals surface area contributed by atoms with Crippen molar-refractivity contribution >= 4 is 38.7 Å². The highest BCUT2D eigenvalue weighted by Crippen LogP contribution is 2.28. The number of fused-ring (bicyclic) bond motifs is 1. The maximum absolute atomic E-state index is 14.2. The molecule has 2 aromatic carbocycles. The number of carboxylic acid groups (broad SMARTS) is 1. The second-order valence-electron chi connectivity index (χ2n) is 8.16. The van der Waals surface area contributed by atoms with Crippen LogP contribution < -0.4 is 14.8 Å². The quantitative estimate of drug-likeness (QED) is 0.403. The lowest BCUT2D eigenvalue weighted by molar-refractivity contribution is -0.274. The van der Waals surface area contributed by atoms with Crippen LogP contribution in [0.4, 0.5) is 32.8 Å². The smallest absolute Gasteiger partial charge is 0.464 e. The van der Waals surface area contributed by atoms with Crippen LogP contribution in [0.1, 0.15) is 6.42 Å². The van der Waals surface area contributed by atoms with Gasteiger partial charge in [-0.15, -0.1) is 13.2 Å². The molecule has 0 saturated carbocycles. The van der Waals surface area contributed by atoms with E-state index in [-0.39, 0.29) is 18.7 Å². The van der Waals surface area contributed by atoms with E-state index in [1.54, 1.807) is 24.3 Å². The van der Waals surface area contributed by atoms with Crippen LogP contribution in [0.5, 0.6) is 5.75 Å². The highest BCUT2D eigenvalue weighted by molar-refractivity contribution is 7.89. The molecular weight excluding hydrogens is 524 g/mol. The molecule has 3 aromatic rings. The standard InChI is InChI=1S/C22H20F4N4O6S/c23-13-8-14(10-27-37(34,35)16-5-3-4-15(9-16)36-22(24,25)26)29(11-13)20(31)28-18-12-30(21(32)33)19-7-2-1-6-17(18)19/h1-7,9,12-14,27H,8,10-11H2,(H,28,31)(H,32,33)/t13-,14+/m1/s1. The van der Waals surface area contributed by atoms with Crippen LogP contribution in [0.3, 0.4) is 0 Å². The van der Waals surface area contributed by atoms with Crippen molar-refractivity contribution in [3.05, 3.63) is 54.7 Å². The molecule has 37 heavy (non-hydrogen) atoms. The zero-order valence-electron chi connectivity index (χ0n) is 18.8. The van der Waals surface area contributed by atoms with Crippen LogP contribution >= 0.6 is 0 Å². The summed E-state index contributed by atoms with van der Waals surface area (Å²) in [6, 6.07) is 8.43. The zero-order valence-corrected chi connectivity index (χ0v) is 19.6. The minimum atomic E-state index is -5.01. The van der Waals surface area contributed by atoms with Gasteiger partial charge in [-0.3, -0.25) is 4.57 Å². The van der Waals surface area contributed by atoms with Crippen LogP contribution in [-0.2, 0) is 10.0 Å². The largest absolute Gasteiger partial charge is 0.573 e. The van der Waals surface area contributed by atoms with Crippen molar-refractivity contribution in [3.63, 3.8) is 0 Å². The summed E-state index contributed by atoms with van der Waals surface area (Å²) in [5.41, 5.74) is 0.474. The molecule has 0 spiro atoms. The van der Waals surface area contributed by atoms with Crippen LogP contribution in [-0.4, -0.2) is 66.8 Å². The molecule has 1 saturated heterocycles. The van der Waals surface area contributed by atoms with Gasteiger partial charge in [-0.25, -0.2) is 27.1 Å². The van der Waals surface area contributed by atoms with Gasteiger partial charge in [0, 0.05) is 36.7 Å². The third-order valence-electron chi connectivity index (χ3n) is 5.64. The van der Waals surface area contributed by atoms with Gasteiger partial charge in [0.25, 0.3) is 0 Å². The number of nitrogens with one attached hydrogen (secondary N) is 2. The minimum absolute atomic E-state index is 0.158. The number of para-hydroxylation sites is 1. The molecule has 1 aliphatic rings. The van der Waals surface area contributed by atoms with Crippen LogP contribution in [0.25, 0.3) is 10.9 Å². The van der Waals surface area contributed by atoms with E-state index in [0.29, 0.717) is 17.0 Å². The molecule has 2 amide bonds. The molecule has 3 N–H and O–H groups in total. The summed E-state index contributed by atoms with van der Waals surface area (Å²) in [5, 5.41) is 12.4. The van der Waals surface area contributed by atoms with E-state index in [1.165, 1.54) is 6.20 Å². The average molecular weight is 544 g/mol. The number of aromatic nitrogens is 1. The van der Waals surface area contributed by atoms with Gasteiger partial charge in [0.1, 0.15) is 11.9 Å². The summed E-state index contributed by atoms with van der Waals surface area (Å²) in [5.74, 6) is -0.735. The lowest BCUT2D eigenvalue weighted by atomic mass is 10.2. The molecule has 1 fully saturated rings. The first-order chi connectivity index (χ1) is 17.3. The first kappa shape index (κ1) is 26.2. The Labute approximate surface area is 207 Å². The monoisotopic (exact) mass is 544 g/mol. The van der Waals surface area contributed by atoms with Crippen LogP contribution in [0.15, 0.2) is 59.6 Å². The van der Waals surface area contributed by atoms with E-state index in [9.17, 15) is 40.7 Å². The number of hydrogen-bond acceptors (Lipinski definition) is 5. The van der Waals surface area contributed by atoms with Gasteiger partial charge in [-0.2, -0.15) is 0 Å². The number of sulfonamides is 1. The highest BCUT2D eigenvalue weighted by atomic mass is 32.2. The van der Waals surface area contributed by atoms with E-state index < -0.39 is 57.9 Å². The molecule has 0 unspecified atom stereocenters. The number of anilines is 1. The Morgan fingerprint density at radius 2 is 1.86 bits per heavy atom. The number of urea groups is 1. The van der Waals surface area contributed by atoms with Crippen molar-refractivity contribution in [1.82, 2.24) is 14.2 Å². The number of likely N-dealkylation sites (tertiary alicyclic amines) is 1. The third kappa shape index (κ3) is 5.94. The molecule has 1 aliphatic heterocycles. The van der Waals surface area contributed by atoms with Gasteiger partial charge in [0.15, 0.2) is 0 Å². The maximum atomic E-state index is 14.2. The Bertz CT molecular complexity index is 1440. The minimum Gasteiger partial charge on any atom is -0.464 e. The lowest BCUT2D eigenvalue weighted by Gasteiger charge is -2.24. The number of hydrogen-bond donors (Lipinski definition) is 3. The molecular formula is C22H20F4N4O6S. The SMILES string of the molecule is O=C(Nc1cn(C(=O)O)c2ccccc12)N1C[C@H](F)C[C@H]1CNS(=O)(=O)c1cccc(OC(F)(F)F)c1. The molecule has 2 heterocycles. The fourth-order valence-electron chi connectivity index (χ4n) is 4.05. The number of alkyl halides is 4. The van der Waals surface area contributed by atoms with E-state index in [0.717, 1.165) is 27.7 Å². The van der Waals surface area contributed by atoms with Gasteiger partial charge < -0.3 is 20.1 Å². The summed E-state index contributed by atoms with van der Waals surface area (Å²) < 4.78 is 83.8. The summed E-state index contributed by atoms with van der Waals surface area (Å²) in [7, 11) is -4.33.